The third-order valence-electron chi connectivity index (χ3n) is 2.74. The quantitative estimate of drug-likeness (QED) is 0.868. The van der Waals surface area contributed by atoms with Crippen LogP contribution in [0.25, 0.3) is 10.9 Å². The Morgan fingerprint density at radius 3 is 2.65 bits per heavy atom. The molecule has 2 N–H and O–H groups in total. The van der Waals surface area contributed by atoms with Crippen molar-refractivity contribution in [3.05, 3.63) is 35.0 Å². The summed E-state index contributed by atoms with van der Waals surface area (Å²) in [5, 5.41) is 0.0855. The number of benzene rings is 1. The summed E-state index contributed by atoms with van der Waals surface area (Å²) in [6.45, 7) is 3.51. The smallest absolute Gasteiger partial charge is 0.149 e. The Kier molecular flexibility index (Phi) is 2.96. The molecule has 0 unspecified atom stereocenters. The van der Waals surface area contributed by atoms with E-state index in [4.69, 9.17) is 5.73 Å². The van der Waals surface area contributed by atoms with E-state index in [1.165, 1.54) is 6.92 Å². The number of rotatable bonds is 2. The van der Waals surface area contributed by atoms with Gasteiger partial charge >= 0.3 is 0 Å². The molecular weight excluding hydrogens is 222 g/mol. The number of hydrogen-bond donors (Lipinski definition) is 1. The van der Waals surface area contributed by atoms with E-state index in [9.17, 15) is 8.78 Å². The molecule has 0 aliphatic rings. The fourth-order valence-electron chi connectivity index (χ4n) is 1.93. The highest BCUT2D eigenvalue weighted by Gasteiger charge is 2.14. The van der Waals surface area contributed by atoms with E-state index in [-0.39, 0.29) is 22.2 Å². The largest absolute Gasteiger partial charge is 0.398 e. The van der Waals surface area contributed by atoms with Crippen molar-refractivity contribution < 1.29 is 8.78 Å². The Morgan fingerprint density at radius 1 is 1.29 bits per heavy atom. The molecule has 2 nitrogen and oxygen atoms in total. The molecule has 90 valence electrons. The zero-order chi connectivity index (χ0) is 12.6. The second-order valence-electron chi connectivity index (χ2n) is 4.17. The van der Waals surface area contributed by atoms with Crippen LogP contribution in [0.5, 0.6) is 0 Å². The number of nitrogens with zero attached hydrogens (tertiary/aromatic N) is 1. The number of pyridine rings is 1. The molecule has 0 saturated carbocycles. The van der Waals surface area contributed by atoms with Crippen molar-refractivity contribution >= 4 is 16.6 Å². The summed E-state index contributed by atoms with van der Waals surface area (Å²) in [6.07, 6.45) is 1.59. The molecule has 0 spiro atoms. The molecule has 0 bridgehead atoms. The van der Waals surface area contributed by atoms with Crippen molar-refractivity contribution in [1.29, 1.82) is 0 Å². The van der Waals surface area contributed by atoms with E-state index >= 15 is 0 Å². The van der Waals surface area contributed by atoms with Crippen LogP contribution >= 0.6 is 0 Å². The molecule has 0 atom stereocenters. The minimum absolute atomic E-state index is 0.0246. The molecule has 1 aromatic heterocycles. The number of halogens is 2. The topological polar surface area (TPSA) is 38.9 Å². The summed E-state index contributed by atoms with van der Waals surface area (Å²) >= 11 is 0. The van der Waals surface area contributed by atoms with Gasteiger partial charge in [0.25, 0.3) is 0 Å². The Bertz CT molecular complexity index is 579. The van der Waals surface area contributed by atoms with Crippen LogP contribution in [-0.2, 0) is 6.42 Å². The summed E-state index contributed by atoms with van der Waals surface area (Å²) in [5.41, 5.74) is 6.99. The van der Waals surface area contributed by atoms with Crippen LogP contribution in [0.3, 0.4) is 0 Å². The van der Waals surface area contributed by atoms with Crippen LogP contribution in [0.2, 0.25) is 0 Å². The van der Waals surface area contributed by atoms with Gasteiger partial charge in [0.2, 0.25) is 0 Å². The number of fused-ring (bicyclic) bond motifs is 1. The lowest BCUT2D eigenvalue weighted by atomic mass is 10.1. The Hall–Kier alpha value is -1.71. The van der Waals surface area contributed by atoms with Gasteiger partial charge in [0, 0.05) is 11.4 Å². The van der Waals surface area contributed by atoms with Crippen molar-refractivity contribution in [2.75, 3.05) is 5.73 Å². The Morgan fingerprint density at radius 2 is 2.00 bits per heavy atom. The first-order valence-electron chi connectivity index (χ1n) is 5.58. The first-order chi connectivity index (χ1) is 8.04. The van der Waals surface area contributed by atoms with E-state index in [0.717, 1.165) is 12.5 Å². The first-order valence-corrected chi connectivity index (χ1v) is 5.58. The van der Waals surface area contributed by atoms with E-state index in [1.54, 1.807) is 6.07 Å². The van der Waals surface area contributed by atoms with Crippen LogP contribution in [0.1, 0.15) is 24.6 Å². The highest BCUT2D eigenvalue weighted by molar-refractivity contribution is 5.91. The molecule has 1 aromatic carbocycles. The third-order valence-corrected chi connectivity index (χ3v) is 2.74. The van der Waals surface area contributed by atoms with Crippen molar-refractivity contribution in [3.8, 4) is 0 Å². The molecule has 2 aromatic rings. The molecule has 0 radical (unpaired) electrons. The van der Waals surface area contributed by atoms with Gasteiger partial charge in [-0.2, -0.15) is 0 Å². The Balaban J connectivity index is 2.81. The summed E-state index contributed by atoms with van der Waals surface area (Å²) in [5.74, 6) is -1.02. The summed E-state index contributed by atoms with van der Waals surface area (Å²) in [6, 6.07) is 2.77. The molecule has 0 amide bonds. The average molecular weight is 236 g/mol. The molecule has 0 saturated heterocycles. The zero-order valence-corrected chi connectivity index (χ0v) is 9.85. The SMILES string of the molecule is CCCc1cc(N)c2c(F)c(C)cc(F)c2n1. The van der Waals surface area contributed by atoms with Crippen LogP contribution < -0.4 is 5.73 Å². The van der Waals surface area contributed by atoms with E-state index in [1.807, 2.05) is 6.92 Å². The van der Waals surface area contributed by atoms with Gasteiger partial charge in [-0.25, -0.2) is 13.8 Å². The highest BCUT2D eigenvalue weighted by atomic mass is 19.1. The van der Waals surface area contributed by atoms with Crippen LogP contribution in [0, 0.1) is 18.6 Å². The standard InChI is InChI=1S/C13H14F2N2/c1-3-4-8-6-10(16)11-12(15)7(2)5-9(14)13(11)17-8/h5-6H,3-4H2,1-2H3,(H2,16,17). The number of aryl methyl sites for hydroxylation is 2. The summed E-state index contributed by atoms with van der Waals surface area (Å²) < 4.78 is 27.6. The molecule has 4 heteroatoms. The molecule has 1 heterocycles. The molecule has 0 aliphatic carbocycles. The van der Waals surface area contributed by atoms with E-state index < -0.39 is 11.6 Å². The first kappa shape index (κ1) is 11.8. The van der Waals surface area contributed by atoms with Gasteiger partial charge in [-0.1, -0.05) is 13.3 Å². The number of nitrogens with two attached hydrogens (primary N) is 1. The number of hydrogen-bond acceptors (Lipinski definition) is 2. The fraction of sp³-hybridized carbons (Fsp3) is 0.308. The summed E-state index contributed by atoms with van der Waals surface area (Å²) in [7, 11) is 0. The molecular formula is C13H14F2N2. The van der Waals surface area contributed by atoms with Crippen LogP contribution in [0.15, 0.2) is 12.1 Å². The number of nitrogen functional groups attached to an aromatic ring is 1. The van der Waals surface area contributed by atoms with Gasteiger partial charge in [0.1, 0.15) is 17.2 Å². The predicted molar refractivity (Wildman–Crippen MR) is 64.8 cm³/mol. The normalized spacial score (nSPS) is 11.1. The van der Waals surface area contributed by atoms with Gasteiger partial charge in [-0.15, -0.1) is 0 Å². The molecule has 2 rings (SSSR count). The highest BCUT2D eigenvalue weighted by Crippen LogP contribution is 2.28. The molecule has 17 heavy (non-hydrogen) atoms. The average Bonchev–Trinajstić information content (AvgIpc) is 2.26. The van der Waals surface area contributed by atoms with Gasteiger partial charge in [0.05, 0.1) is 5.39 Å². The molecule has 0 aliphatic heterocycles. The summed E-state index contributed by atoms with van der Waals surface area (Å²) in [4.78, 5) is 4.13. The van der Waals surface area contributed by atoms with Crippen molar-refractivity contribution in [2.45, 2.75) is 26.7 Å². The fourth-order valence-corrected chi connectivity index (χ4v) is 1.93. The minimum Gasteiger partial charge on any atom is -0.398 e. The minimum atomic E-state index is -0.524. The zero-order valence-electron chi connectivity index (χ0n) is 9.85. The van der Waals surface area contributed by atoms with E-state index in [0.29, 0.717) is 12.1 Å². The lowest BCUT2D eigenvalue weighted by Gasteiger charge is -2.09. The lowest BCUT2D eigenvalue weighted by molar-refractivity contribution is 0.607. The maximum Gasteiger partial charge on any atom is 0.149 e. The van der Waals surface area contributed by atoms with Crippen LogP contribution in [-0.4, -0.2) is 4.98 Å². The maximum absolute atomic E-state index is 13.9. The number of aromatic nitrogens is 1. The van der Waals surface area contributed by atoms with Gasteiger partial charge in [-0.3, -0.25) is 0 Å². The second-order valence-corrected chi connectivity index (χ2v) is 4.17. The van der Waals surface area contributed by atoms with Crippen LogP contribution in [0.4, 0.5) is 14.5 Å². The monoisotopic (exact) mass is 236 g/mol. The van der Waals surface area contributed by atoms with Gasteiger partial charge < -0.3 is 5.73 Å². The predicted octanol–water partition coefficient (Wildman–Crippen LogP) is 3.36. The Labute approximate surface area is 98.5 Å². The van der Waals surface area contributed by atoms with Crippen molar-refractivity contribution in [3.63, 3.8) is 0 Å². The lowest BCUT2D eigenvalue weighted by Crippen LogP contribution is -2.00. The third kappa shape index (κ3) is 1.95. The van der Waals surface area contributed by atoms with Gasteiger partial charge in [-0.05, 0) is 31.0 Å². The van der Waals surface area contributed by atoms with Crippen molar-refractivity contribution in [1.82, 2.24) is 4.98 Å². The second kappa shape index (κ2) is 4.28. The number of anilines is 1. The van der Waals surface area contributed by atoms with Gasteiger partial charge in [0.15, 0.2) is 0 Å². The molecule has 0 fully saturated rings. The van der Waals surface area contributed by atoms with Crippen molar-refractivity contribution in [2.24, 2.45) is 0 Å². The maximum atomic E-state index is 13.9. The van der Waals surface area contributed by atoms with E-state index in [2.05, 4.69) is 4.98 Å².